The van der Waals surface area contributed by atoms with E-state index in [1.54, 1.807) is 6.20 Å². The molecule has 1 aliphatic rings. The Balaban J connectivity index is 1.45. The molecule has 28 heavy (non-hydrogen) atoms. The van der Waals surface area contributed by atoms with Gasteiger partial charge >= 0.3 is 12.0 Å². The van der Waals surface area contributed by atoms with Crippen molar-refractivity contribution in [3.05, 3.63) is 47.8 Å². The molecule has 1 aliphatic heterocycles. The van der Waals surface area contributed by atoms with Crippen LogP contribution in [-0.4, -0.2) is 66.5 Å². The number of hydrogen-bond acceptors (Lipinski definition) is 5. The Bertz CT molecular complexity index is 817. The van der Waals surface area contributed by atoms with Gasteiger partial charge in [0.25, 0.3) is 0 Å². The van der Waals surface area contributed by atoms with E-state index >= 15 is 0 Å². The molecule has 0 saturated carbocycles. The van der Waals surface area contributed by atoms with Crippen LogP contribution in [0.3, 0.4) is 0 Å². The van der Waals surface area contributed by atoms with Crippen LogP contribution in [0.2, 0.25) is 0 Å². The highest BCUT2D eigenvalue weighted by Gasteiger charge is 2.15. The van der Waals surface area contributed by atoms with Crippen LogP contribution in [0.5, 0.6) is 6.01 Å². The van der Waals surface area contributed by atoms with Crippen LogP contribution in [0.15, 0.2) is 36.5 Å². The summed E-state index contributed by atoms with van der Waals surface area (Å²) in [6.07, 6.45) is 2.33. The predicted octanol–water partition coefficient (Wildman–Crippen LogP) is 1.71. The monoisotopic (exact) mass is 382 g/mol. The number of morpholine rings is 1. The van der Waals surface area contributed by atoms with Crippen LogP contribution in [0, 0.1) is 18.8 Å². The number of carbonyl (C=O) groups is 1. The Morgan fingerprint density at radius 3 is 2.82 bits per heavy atom. The predicted molar refractivity (Wildman–Crippen MR) is 106 cm³/mol. The van der Waals surface area contributed by atoms with Crippen molar-refractivity contribution < 1.29 is 14.3 Å². The smallest absolute Gasteiger partial charge is 0.330 e. The normalized spacial score (nSPS) is 14.2. The molecule has 7 nitrogen and oxygen atoms in total. The summed E-state index contributed by atoms with van der Waals surface area (Å²) in [5, 5.41) is 2.78. The molecule has 0 aliphatic carbocycles. The molecule has 1 fully saturated rings. The van der Waals surface area contributed by atoms with E-state index < -0.39 is 0 Å². The Kier molecular flexibility index (Phi) is 7.47. The Morgan fingerprint density at radius 2 is 2.04 bits per heavy atom. The molecule has 0 spiro atoms. The number of hydrogen-bond donors (Lipinski definition) is 1. The molecule has 0 atom stereocenters. The maximum absolute atomic E-state index is 12.4. The maximum atomic E-state index is 12.4. The van der Waals surface area contributed by atoms with Gasteiger partial charge in [0.05, 0.1) is 25.5 Å². The second kappa shape index (κ2) is 10.5. The number of ether oxygens (including phenoxy) is 2. The third-order valence-corrected chi connectivity index (χ3v) is 4.34. The molecular weight excluding hydrogens is 356 g/mol. The fourth-order valence-corrected chi connectivity index (χ4v) is 2.84. The summed E-state index contributed by atoms with van der Waals surface area (Å²) in [5.41, 5.74) is 1.88. The van der Waals surface area contributed by atoms with Crippen LogP contribution in [0.25, 0.3) is 0 Å². The summed E-state index contributed by atoms with van der Waals surface area (Å²) < 4.78 is 12.5. The first-order valence-corrected chi connectivity index (χ1v) is 9.49. The first-order valence-electron chi connectivity index (χ1n) is 9.49. The van der Waals surface area contributed by atoms with Gasteiger partial charge in [0.15, 0.2) is 0 Å². The molecule has 1 amide bonds. The van der Waals surface area contributed by atoms with E-state index in [9.17, 15) is 4.79 Å². The molecule has 2 heterocycles. The van der Waals surface area contributed by atoms with Gasteiger partial charge in [-0.05, 0) is 12.5 Å². The van der Waals surface area contributed by atoms with Gasteiger partial charge in [-0.3, -0.25) is 4.90 Å². The molecule has 1 aromatic carbocycles. The lowest BCUT2D eigenvalue weighted by molar-refractivity contribution is 0.0316. The van der Waals surface area contributed by atoms with Gasteiger partial charge in [0, 0.05) is 32.3 Å². The molecule has 0 bridgehead atoms. The van der Waals surface area contributed by atoms with E-state index in [0.717, 1.165) is 44.1 Å². The molecule has 1 N–H and O–H groups in total. The number of carbonyl (C=O) groups excluding carboxylic acids is 1. The first kappa shape index (κ1) is 19.9. The number of aryl methyl sites for hydroxylation is 1. The lowest BCUT2D eigenvalue weighted by Gasteiger charge is -2.26. The molecule has 0 unspecified atom stereocenters. The number of benzene rings is 1. The standard InChI is InChI=1S/C21H26N4O3/c1-18-17-25(21(23-18)28-16-13-24-11-14-27-15-12-24)20(26)22-10-6-5-9-19-7-3-2-4-8-19/h2-4,7-8,17H,9-16H2,1H3,(H,22,26). The summed E-state index contributed by atoms with van der Waals surface area (Å²) in [6.45, 7) is 6.66. The number of nitrogens with one attached hydrogen (secondary N) is 1. The van der Waals surface area contributed by atoms with Crippen molar-refractivity contribution in [1.29, 1.82) is 0 Å². The van der Waals surface area contributed by atoms with Crippen LogP contribution < -0.4 is 10.1 Å². The molecule has 0 radical (unpaired) electrons. The number of imidazole rings is 1. The average molecular weight is 382 g/mol. The summed E-state index contributed by atoms with van der Waals surface area (Å²) in [5.74, 6) is 6.03. The van der Waals surface area contributed by atoms with E-state index in [0.29, 0.717) is 19.0 Å². The lowest BCUT2D eigenvalue weighted by atomic mass is 10.2. The molecule has 3 rings (SSSR count). The highest BCUT2D eigenvalue weighted by Crippen LogP contribution is 2.11. The fraction of sp³-hybridized carbons (Fsp3) is 0.429. The second-order valence-electron chi connectivity index (χ2n) is 6.51. The van der Waals surface area contributed by atoms with Gasteiger partial charge < -0.3 is 14.8 Å². The van der Waals surface area contributed by atoms with Crippen molar-refractivity contribution in [3.63, 3.8) is 0 Å². The van der Waals surface area contributed by atoms with Gasteiger partial charge in [0.1, 0.15) is 6.61 Å². The highest BCUT2D eigenvalue weighted by atomic mass is 16.5. The van der Waals surface area contributed by atoms with Crippen molar-refractivity contribution in [2.75, 3.05) is 46.0 Å². The van der Waals surface area contributed by atoms with Gasteiger partial charge in [-0.1, -0.05) is 42.2 Å². The number of aromatic nitrogens is 2. The summed E-state index contributed by atoms with van der Waals surface area (Å²) in [4.78, 5) is 19.0. The highest BCUT2D eigenvalue weighted by molar-refractivity contribution is 5.78. The first-order chi connectivity index (χ1) is 13.7. The van der Waals surface area contributed by atoms with Crippen molar-refractivity contribution in [2.45, 2.75) is 13.3 Å². The zero-order chi connectivity index (χ0) is 19.6. The molecular formula is C21H26N4O3. The van der Waals surface area contributed by atoms with E-state index in [-0.39, 0.29) is 12.6 Å². The second-order valence-corrected chi connectivity index (χ2v) is 6.51. The number of nitrogens with zero attached hydrogens (tertiary/aromatic N) is 3. The van der Waals surface area contributed by atoms with E-state index in [1.807, 2.05) is 37.3 Å². The van der Waals surface area contributed by atoms with Crippen molar-refractivity contribution >= 4 is 6.03 Å². The SMILES string of the molecule is Cc1cn(C(=O)NCC#CCc2ccccc2)c(OCCN2CCOCC2)n1. The van der Waals surface area contributed by atoms with Gasteiger partial charge in [-0.15, -0.1) is 0 Å². The minimum Gasteiger partial charge on any atom is -0.463 e. The number of amides is 1. The average Bonchev–Trinajstić information content (AvgIpc) is 3.10. The van der Waals surface area contributed by atoms with Crippen molar-refractivity contribution in [2.24, 2.45) is 0 Å². The minimum absolute atomic E-state index is 0.274. The van der Waals surface area contributed by atoms with E-state index in [4.69, 9.17) is 9.47 Å². The quantitative estimate of drug-likeness (QED) is 0.771. The summed E-state index contributed by atoms with van der Waals surface area (Å²) in [7, 11) is 0. The Labute approximate surface area is 165 Å². The van der Waals surface area contributed by atoms with Gasteiger partial charge in [0.2, 0.25) is 0 Å². The molecule has 2 aromatic rings. The van der Waals surface area contributed by atoms with E-state index in [2.05, 4.69) is 27.0 Å². The van der Waals surface area contributed by atoms with Gasteiger partial charge in [-0.2, -0.15) is 0 Å². The summed E-state index contributed by atoms with van der Waals surface area (Å²) in [6, 6.07) is 10.0. The van der Waals surface area contributed by atoms with Crippen molar-refractivity contribution in [1.82, 2.24) is 19.8 Å². The molecule has 1 aromatic heterocycles. The molecule has 148 valence electrons. The number of rotatable bonds is 6. The zero-order valence-corrected chi connectivity index (χ0v) is 16.2. The third-order valence-electron chi connectivity index (χ3n) is 4.34. The van der Waals surface area contributed by atoms with Crippen LogP contribution in [0.4, 0.5) is 4.79 Å². The van der Waals surface area contributed by atoms with Crippen molar-refractivity contribution in [3.8, 4) is 17.9 Å². The van der Waals surface area contributed by atoms with E-state index in [1.165, 1.54) is 4.57 Å². The third kappa shape index (κ3) is 6.12. The van der Waals surface area contributed by atoms with Crippen LogP contribution in [0.1, 0.15) is 11.3 Å². The maximum Gasteiger partial charge on any atom is 0.330 e. The topological polar surface area (TPSA) is 68.6 Å². The molecule has 7 heteroatoms. The zero-order valence-electron chi connectivity index (χ0n) is 16.2. The summed E-state index contributed by atoms with van der Waals surface area (Å²) >= 11 is 0. The minimum atomic E-state index is -0.295. The fourth-order valence-electron chi connectivity index (χ4n) is 2.84. The Morgan fingerprint density at radius 1 is 1.25 bits per heavy atom. The van der Waals surface area contributed by atoms with Crippen LogP contribution >= 0.6 is 0 Å². The van der Waals surface area contributed by atoms with Crippen LogP contribution in [-0.2, 0) is 11.2 Å². The molecule has 1 saturated heterocycles. The lowest BCUT2D eigenvalue weighted by Crippen LogP contribution is -2.39. The Hall–Kier alpha value is -2.82. The largest absolute Gasteiger partial charge is 0.463 e. The van der Waals surface area contributed by atoms with Gasteiger partial charge in [-0.25, -0.2) is 14.3 Å².